The van der Waals surface area contributed by atoms with E-state index in [0.29, 0.717) is 4.67 Å². The van der Waals surface area contributed by atoms with Crippen molar-refractivity contribution in [3.63, 3.8) is 0 Å². The molecule has 1 atom stereocenters. The van der Waals surface area contributed by atoms with Crippen molar-refractivity contribution in [3.8, 4) is 0 Å². The average Bonchev–Trinajstić information content (AvgIpc) is 2.88. The highest BCUT2D eigenvalue weighted by Crippen LogP contribution is 2.16. The molecule has 0 saturated heterocycles. The molecule has 7 heteroatoms. The van der Waals surface area contributed by atoms with Gasteiger partial charge in [0.25, 0.3) is 5.91 Å². The minimum absolute atomic E-state index is 0.0196. The largest absolute Gasteiger partial charge is 0.447 e. The van der Waals surface area contributed by atoms with Crippen molar-refractivity contribution < 1.29 is 23.1 Å². The quantitative estimate of drug-likeness (QED) is 0.853. The van der Waals surface area contributed by atoms with Gasteiger partial charge >= 0.3 is 5.97 Å². The molecule has 0 bridgehead atoms. The predicted octanol–water partition coefficient (Wildman–Crippen LogP) is 3.37. The first-order chi connectivity index (χ1) is 9.97. The van der Waals surface area contributed by atoms with Crippen LogP contribution in [0.25, 0.3) is 0 Å². The number of hydrogen-bond donors (Lipinski definition) is 1. The summed E-state index contributed by atoms with van der Waals surface area (Å²) in [7, 11) is 0. The number of furan rings is 1. The number of para-hydroxylation sites is 1. The number of amides is 1. The maximum absolute atomic E-state index is 13.4. The van der Waals surface area contributed by atoms with Crippen LogP contribution in [0.3, 0.4) is 0 Å². The van der Waals surface area contributed by atoms with Gasteiger partial charge in [-0.3, -0.25) is 4.79 Å². The van der Waals surface area contributed by atoms with Crippen molar-refractivity contribution >= 4 is 33.5 Å². The fourth-order valence-corrected chi connectivity index (χ4v) is 1.80. The Balaban J connectivity index is 1.97. The molecule has 0 aliphatic rings. The third kappa shape index (κ3) is 3.91. The van der Waals surface area contributed by atoms with Crippen LogP contribution in [0.1, 0.15) is 17.5 Å². The van der Waals surface area contributed by atoms with E-state index in [-0.39, 0.29) is 11.4 Å². The van der Waals surface area contributed by atoms with Crippen LogP contribution in [0.5, 0.6) is 0 Å². The Morgan fingerprint density at radius 2 is 2.00 bits per heavy atom. The van der Waals surface area contributed by atoms with Gasteiger partial charge < -0.3 is 14.5 Å². The predicted molar refractivity (Wildman–Crippen MR) is 76.3 cm³/mol. The van der Waals surface area contributed by atoms with Crippen LogP contribution >= 0.6 is 15.9 Å². The van der Waals surface area contributed by atoms with Gasteiger partial charge in [0.2, 0.25) is 5.76 Å². The third-order valence-corrected chi connectivity index (χ3v) is 2.99. The van der Waals surface area contributed by atoms with Crippen LogP contribution in [0, 0.1) is 5.82 Å². The summed E-state index contributed by atoms with van der Waals surface area (Å²) in [5, 5.41) is 2.34. The molecule has 1 aromatic carbocycles. The number of nitrogens with one attached hydrogen (secondary N) is 1. The lowest BCUT2D eigenvalue weighted by atomic mass is 10.3. The minimum atomic E-state index is -1.10. The molecule has 1 amide bonds. The summed E-state index contributed by atoms with van der Waals surface area (Å²) in [6.07, 6.45) is -1.10. The van der Waals surface area contributed by atoms with Crippen LogP contribution in [0.15, 0.2) is 45.5 Å². The number of hydrogen-bond acceptors (Lipinski definition) is 4. The van der Waals surface area contributed by atoms with E-state index in [9.17, 15) is 14.0 Å². The van der Waals surface area contributed by atoms with Gasteiger partial charge in [0.15, 0.2) is 10.8 Å². The zero-order chi connectivity index (χ0) is 15.4. The van der Waals surface area contributed by atoms with Crippen molar-refractivity contribution in [3.05, 3.63) is 52.6 Å². The monoisotopic (exact) mass is 355 g/mol. The van der Waals surface area contributed by atoms with E-state index in [1.54, 1.807) is 6.07 Å². The zero-order valence-electron chi connectivity index (χ0n) is 10.9. The highest BCUT2D eigenvalue weighted by molar-refractivity contribution is 9.10. The van der Waals surface area contributed by atoms with E-state index >= 15 is 0 Å². The second-order valence-corrected chi connectivity index (χ2v) is 4.90. The molecule has 0 radical (unpaired) electrons. The van der Waals surface area contributed by atoms with Gasteiger partial charge in [-0.15, -0.1) is 0 Å². The molecule has 0 aliphatic heterocycles. The first-order valence-corrected chi connectivity index (χ1v) is 6.78. The molecule has 0 saturated carbocycles. The summed E-state index contributed by atoms with van der Waals surface area (Å²) in [6.45, 7) is 1.38. The second-order valence-electron chi connectivity index (χ2n) is 4.12. The van der Waals surface area contributed by atoms with E-state index < -0.39 is 23.8 Å². The van der Waals surface area contributed by atoms with Gasteiger partial charge in [-0.1, -0.05) is 12.1 Å². The fourth-order valence-electron chi connectivity index (χ4n) is 1.49. The van der Waals surface area contributed by atoms with Gasteiger partial charge in [0.05, 0.1) is 5.69 Å². The first kappa shape index (κ1) is 15.2. The smallest absolute Gasteiger partial charge is 0.375 e. The molecule has 0 aliphatic carbocycles. The molecule has 21 heavy (non-hydrogen) atoms. The fraction of sp³-hybridized carbons (Fsp3) is 0.143. The van der Waals surface area contributed by atoms with Gasteiger partial charge in [-0.2, -0.15) is 0 Å². The lowest BCUT2D eigenvalue weighted by molar-refractivity contribution is -0.123. The molecule has 1 aromatic heterocycles. The molecule has 5 nitrogen and oxygen atoms in total. The van der Waals surface area contributed by atoms with Gasteiger partial charge in [-0.05, 0) is 47.1 Å². The topological polar surface area (TPSA) is 68.5 Å². The number of halogens is 2. The van der Waals surface area contributed by atoms with E-state index in [0.717, 1.165) is 0 Å². The van der Waals surface area contributed by atoms with Crippen LogP contribution in [-0.2, 0) is 9.53 Å². The summed E-state index contributed by atoms with van der Waals surface area (Å²) in [5.74, 6) is -2.03. The first-order valence-electron chi connectivity index (χ1n) is 5.99. The van der Waals surface area contributed by atoms with E-state index in [1.165, 1.54) is 37.3 Å². The van der Waals surface area contributed by atoms with Gasteiger partial charge in [-0.25, -0.2) is 9.18 Å². The molecule has 0 spiro atoms. The highest BCUT2D eigenvalue weighted by atomic mass is 79.9. The van der Waals surface area contributed by atoms with E-state index in [4.69, 9.17) is 9.15 Å². The number of ether oxygens (including phenoxy) is 1. The molecule has 2 aromatic rings. The standard InChI is InChI=1S/C14H11BrFNO4/c1-8(20-14(19)11-6-7-12(15)21-11)13(18)17-10-5-3-2-4-9(10)16/h2-8H,1H3,(H,17,18). The van der Waals surface area contributed by atoms with Crippen LogP contribution in [0.4, 0.5) is 10.1 Å². The Morgan fingerprint density at radius 1 is 1.29 bits per heavy atom. The number of anilines is 1. The minimum Gasteiger partial charge on any atom is -0.447 e. The molecular formula is C14H11BrFNO4. The summed E-state index contributed by atoms with van der Waals surface area (Å²) < 4.78 is 23.7. The summed E-state index contributed by atoms with van der Waals surface area (Å²) >= 11 is 3.05. The molecule has 2 rings (SSSR count). The number of carbonyl (C=O) groups excluding carboxylic acids is 2. The Labute approximate surface area is 128 Å². The third-order valence-electron chi connectivity index (χ3n) is 2.56. The summed E-state index contributed by atoms with van der Waals surface area (Å²) in [5.41, 5.74) is 0.0196. The highest BCUT2D eigenvalue weighted by Gasteiger charge is 2.21. The van der Waals surface area contributed by atoms with Crippen LogP contribution in [0.2, 0.25) is 0 Å². The van der Waals surface area contributed by atoms with Crippen LogP contribution in [-0.4, -0.2) is 18.0 Å². The lowest BCUT2D eigenvalue weighted by Gasteiger charge is -2.13. The van der Waals surface area contributed by atoms with Crippen molar-refractivity contribution in [2.24, 2.45) is 0 Å². The number of esters is 1. The van der Waals surface area contributed by atoms with Crippen molar-refractivity contribution in [1.82, 2.24) is 0 Å². The maximum atomic E-state index is 13.4. The van der Waals surface area contributed by atoms with Crippen molar-refractivity contribution in [2.75, 3.05) is 5.32 Å². The van der Waals surface area contributed by atoms with E-state index in [1.807, 2.05) is 0 Å². The number of rotatable bonds is 4. The summed E-state index contributed by atoms with van der Waals surface area (Å²) in [6, 6.07) is 8.64. The Kier molecular flexibility index (Phi) is 4.74. The number of benzene rings is 1. The van der Waals surface area contributed by atoms with Crippen molar-refractivity contribution in [2.45, 2.75) is 13.0 Å². The van der Waals surface area contributed by atoms with Gasteiger partial charge in [0, 0.05) is 0 Å². The van der Waals surface area contributed by atoms with Gasteiger partial charge in [0.1, 0.15) is 5.82 Å². The molecule has 1 N–H and O–H groups in total. The lowest BCUT2D eigenvalue weighted by Crippen LogP contribution is -2.30. The zero-order valence-corrected chi connectivity index (χ0v) is 12.5. The molecule has 110 valence electrons. The molecule has 1 unspecified atom stereocenters. The SMILES string of the molecule is CC(OC(=O)c1ccc(Br)o1)C(=O)Nc1ccccc1F. The maximum Gasteiger partial charge on any atom is 0.375 e. The Bertz CT molecular complexity index is 670. The van der Waals surface area contributed by atoms with E-state index in [2.05, 4.69) is 21.2 Å². The average molecular weight is 356 g/mol. The Hall–Kier alpha value is -2.15. The Morgan fingerprint density at radius 3 is 2.62 bits per heavy atom. The second kappa shape index (κ2) is 6.53. The van der Waals surface area contributed by atoms with Crippen molar-refractivity contribution in [1.29, 1.82) is 0 Å². The molecule has 1 heterocycles. The number of carbonyl (C=O) groups is 2. The molecular weight excluding hydrogens is 345 g/mol. The molecule has 0 fully saturated rings. The van der Waals surface area contributed by atoms with Crippen LogP contribution < -0.4 is 5.32 Å². The summed E-state index contributed by atoms with van der Waals surface area (Å²) in [4.78, 5) is 23.5. The normalized spacial score (nSPS) is 11.8.